The van der Waals surface area contributed by atoms with Gasteiger partial charge in [-0.05, 0) is 19.1 Å². The fraction of sp³-hybridized carbons (Fsp3) is 0.923. The van der Waals surface area contributed by atoms with Crippen LogP contribution in [-0.2, 0) is 9.53 Å². The van der Waals surface area contributed by atoms with E-state index in [1.807, 2.05) is 23.6 Å². The van der Waals surface area contributed by atoms with Crippen molar-refractivity contribution in [2.24, 2.45) is 0 Å². The van der Waals surface area contributed by atoms with Gasteiger partial charge in [-0.1, -0.05) is 20.8 Å². The molecule has 0 aromatic rings. The van der Waals surface area contributed by atoms with Crippen LogP contribution in [0.3, 0.4) is 0 Å². The number of hydrogen-bond donors (Lipinski definition) is 0. The number of hydrogen-bond acceptors (Lipinski definition) is 3. The molecule has 0 N–H and O–H groups in total. The molecular formula is C13H25NO2S. The van der Waals surface area contributed by atoms with Crippen LogP contribution in [0.4, 0.5) is 0 Å². The molecule has 0 unspecified atom stereocenters. The van der Waals surface area contributed by atoms with Gasteiger partial charge in [0.05, 0.1) is 12.7 Å². The predicted molar refractivity (Wildman–Crippen MR) is 73.4 cm³/mol. The van der Waals surface area contributed by atoms with E-state index in [0.29, 0.717) is 17.8 Å². The Morgan fingerprint density at radius 3 is 2.76 bits per heavy atom. The lowest BCUT2D eigenvalue weighted by Gasteiger charge is -2.31. The molecule has 1 aliphatic heterocycles. The number of ether oxygens (including phenoxy) is 1. The SMILES string of the molecule is C[C@H]1CN(C(=O)CCCSC(C)(C)C)CCO1. The Balaban J connectivity index is 2.16. The summed E-state index contributed by atoms with van der Waals surface area (Å²) in [7, 11) is 0. The van der Waals surface area contributed by atoms with Crippen molar-refractivity contribution < 1.29 is 9.53 Å². The second-order valence-electron chi connectivity index (χ2n) is 5.59. The average Bonchev–Trinajstić information content (AvgIpc) is 2.23. The van der Waals surface area contributed by atoms with Crippen molar-refractivity contribution in [3.05, 3.63) is 0 Å². The maximum atomic E-state index is 11.9. The van der Waals surface area contributed by atoms with Gasteiger partial charge in [0, 0.05) is 24.3 Å². The molecule has 100 valence electrons. The van der Waals surface area contributed by atoms with Gasteiger partial charge >= 0.3 is 0 Å². The van der Waals surface area contributed by atoms with E-state index < -0.39 is 0 Å². The Labute approximate surface area is 109 Å². The molecule has 0 spiro atoms. The molecular weight excluding hydrogens is 234 g/mol. The van der Waals surface area contributed by atoms with Crippen LogP contribution in [0.1, 0.15) is 40.5 Å². The minimum atomic E-state index is 0.191. The summed E-state index contributed by atoms with van der Waals surface area (Å²) in [5.74, 6) is 1.35. The van der Waals surface area contributed by atoms with Crippen LogP contribution in [0.2, 0.25) is 0 Å². The second-order valence-corrected chi connectivity index (χ2v) is 7.51. The van der Waals surface area contributed by atoms with Crippen LogP contribution >= 0.6 is 11.8 Å². The molecule has 0 aromatic carbocycles. The third-order valence-corrected chi connectivity index (χ3v) is 4.02. The molecule has 0 radical (unpaired) electrons. The van der Waals surface area contributed by atoms with Crippen LogP contribution in [0.25, 0.3) is 0 Å². The van der Waals surface area contributed by atoms with E-state index in [0.717, 1.165) is 25.3 Å². The van der Waals surface area contributed by atoms with E-state index in [4.69, 9.17) is 4.74 Å². The van der Waals surface area contributed by atoms with Crippen molar-refractivity contribution in [2.75, 3.05) is 25.4 Å². The van der Waals surface area contributed by atoms with Gasteiger partial charge in [-0.25, -0.2) is 0 Å². The average molecular weight is 259 g/mol. The van der Waals surface area contributed by atoms with Crippen molar-refractivity contribution in [1.82, 2.24) is 4.90 Å². The van der Waals surface area contributed by atoms with Gasteiger partial charge < -0.3 is 9.64 Å². The van der Waals surface area contributed by atoms with E-state index in [1.165, 1.54) is 0 Å². The fourth-order valence-electron chi connectivity index (χ4n) is 1.80. The van der Waals surface area contributed by atoms with Crippen molar-refractivity contribution >= 4 is 17.7 Å². The fourth-order valence-corrected chi connectivity index (χ4v) is 2.71. The third kappa shape index (κ3) is 6.32. The summed E-state index contributed by atoms with van der Waals surface area (Å²) in [6.45, 7) is 10.9. The smallest absolute Gasteiger partial charge is 0.222 e. The van der Waals surface area contributed by atoms with Gasteiger partial charge in [0.1, 0.15) is 0 Å². The van der Waals surface area contributed by atoms with E-state index in [2.05, 4.69) is 20.8 Å². The number of carbonyl (C=O) groups is 1. The van der Waals surface area contributed by atoms with Crippen molar-refractivity contribution in [3.8, 4) is 0 Å². The first-order valence-electron chi connectivity index (χ1n) is 6.42. The van der Waals surface area contributed by atoms with Crippen molar-refractivity contribution in [1.29, 1.82) is 0 Å². The molecule has 0 aromatic heterocycles. The molecule has 0 saturated carbocycles. The lowest BCUT2D eigenvalue weighted by Crippen LogP contribution is -2.44. The molecule has 1 saturated heterocycles. The highest BCUT2D eigenvalue weighted by atomic mass is 32.2. The summed E-state index contributed by atoms with van der Waals surface area (Å²) in [6, 6.07) is 0. The molecule has 4 heteroatoms. The number of thioether (sulfide) groups is 1. The highest BCUT2D eigenvalue weighted by Crippen LogP contribution is 2.24. The Bertz CT molecular complexity index is 250. The zero-order chi connectivity index (χ0) is 12.9. The zero-order valence-electron chi connectivity index (χ0n) is 11.5. The highest BCUT2D eigenvalue weighted by Gasteiger charge is 2.20. The summed E-state index contributed by atoms with van der Waals surface area (Å²) in [4.78, 5) is 13.9. The maximum Gasteiger partial charge on any atom is 0.222 e. The predicted octanol–water partition coefficient (Wildman–Crippen LogP) is 2.55. The van der Waals surface area contributed by atoms with Crippen LogP contribution in [0.5, 0.6) is 0 Å². The Hall–Kier alpha value is -0.220. The largest absolute Gasteiger partial charge is 0.375 e. The molecule has 1 rings (SSSR count). The van der Waals surface area contributed by atoms with Gasteiger partial charge in [-0.15, -0.1) is 0 Å². The Morgan fingerprint density at radius 1 is 1.47 bits per heavy atom. The summed E-state index contributed by atoms with van der Waals surface area (Å²) >= 11 is 1.93. The third-order valence-electron chi connectivity index (χ3n) is 2.66. The normalized spacial score (nSPS) is 21.6. The second kappa shape index (κ2) is 6.64. The number of rotatable bonds is 4. The number of morpholine rings is 1. The molecule has 1 amide bonds. The van der Waals surface area contributed by atoms with E-state index in [9.17, 15) is 4.79 Å². The summed E-state index contributed by atoms with van der Waals surface area (Å²) < 4.78 is 5.73. The van der Waals surface area contributed by atoms with E-state index in [1.54, 1.807) is 0 Å². The summed E-state index contributed by atoms with van der Waals surface area (Å²) in [6.07, 6.45) is 1.85. The minimum Gasteiger partial charge on any atom is -0.375 e. The first-order chi connectivity index (χ1) is 7.88. The number of carbonyl (C=O) groups excluding carboxylic acids is 1. The quantitative estimate of drug-likeness (QED) is 0.727. The van der Waals surface area contributed by atoms with Gasteiger partial charge in [-0.2, -0.15) is 11.8 Å². The van der Waals surface area contributed by atoms with E-state index >= 15 is 0 Å². The minimum absolute atomic E-state index is 0.191. The summed E-state index contributed by atoms with van der Waals surface area (Å²) in [5, 5.41) is 0. The van der Waals surface area contributed by atoms with Gasteiger partial charge in [0.2, 0.25) is 5.91 Å². The van der Waals surface area contributed by atoms with Crippen LogP contribution in [0.15, 0.2) is 0 Å². The Kier molecular flexibility index (Phi) is 5.80. The lowest BCUT2D eigenvalue weighted by molar-refractivity contribution is -0.138. The summed E-state index contributed by atoms with van der Waals surface area (Å²) in [5.41, 5.74) is 0. The van der Waals surface area contributed by atoms with Crippen molar-refractivity contribution in [2.45, 2.75) is 51.4 Å². The molecule has 1 atom stereocenters. The van der Waals surface area contributed by atoms with Gasteiger partial charge in [-0.3, -0.25) is 4.79 Å². The standard InChI is InChI=1S/C13H25NO2S/c1-11-10-14(7-8-16-11)12(15)6-5-9-17-13(2,3)4/h11H,5-10H2,1-4H3/t11-/m0/s1. The molecule has 0 bridgehead atoms. The first kappa shape index (κ1) is 14.8. The highest BCUT2D eigenvalue weighted by molar-refractivity contribution is 8.00. The molecule has 1 fully saturated rings. The number of amides is 1. The van der Waals surface area contributed by atoms with Crippen LogP contribution in [0, 0.1) is 0 Å². The molecule has 3 nitrogen and oxygen atoms in total. The van der Waals surface area contributed by atoms with E-state index in [-0.39, 0.29) is 12.0 Å². The molecule has 17 heavy (non-hydrogen) atoms. The van der Waals surface area contributed by atoms with Gasteiger partial charge in [0.15, 0.2) is 0 Å². The first-order valence-corrected chi connectivity index (χ1v) is 7.40. The Morgan fingerprint density at radius 2 is 2.18 bits per heavy atom. The molecule has 0 aliphatic carbocycles. The lowest BCUT2D eigenvalue weighted by atomic mass is 10.2. The zero-order valence-corrected chi connectivity index (χ0v) is 12.3. The van der Waals surface area contributed by atoms with Gasteiger partial charge in [0.25, 0.3) is 0 Å². The molecule has 1 aliphatic rings. The molecule has 1 heterocycles. The topological polar surface area (TPSA) is 29.5 Å². The van der Waals surface area contributed by atoms with Crippen molar-refractivity contribution in [3.63, 3.8) is 0 Å². The number of nitrogens with zero attached hydrogens (tertiary/aromatic N) is 1. The van der Waals surface area contributed by atoms with Crippen LogP contribution in [-0.4, -0.2) is 47.1 Å². The van der Waals surface area contributed by atoms with Crippen LogP contribution < -0.4 is 0 Å². The monoisotopic (exact) mass is 259 g/mol. The maximum absolute atomic E-state index is 11.9.